The summed E-state index contributed by atoms with van der Waals surface area (Å²) in [6.45, 7) is 0.882. The van der Waals surface area contributed by atoms with Crippen molar-refractivity contribution in [2.45, 2.75) is 24.9 Å². The Kier molecular flexibility index (Phi) is 5.32. The molecule has 4 aromatic rings. The number of amides is 1. The number of fused-ring (bicyclic) bond motifs is 1. The number of likely N-dealkylation sites (tertiary alicyclic amines) is 1. The molecule has 9 nitrogen and oxygen atoms in total. The van der Waals surface area contributed by atoms with Crippen molar-refractivity contribution < 1.29 is 4.79 Å². The zero-order chi connectivity index (χ0) is 22.1. The highest BCUT2D eigenvalue weighted by molar-refractivity contribution is 5.94. The van der Waals surface area contributed by atoms with Gasteiger partial charge < -0.3 is 5.32 Å². The SMILES string of the molecule is CN1CCC(NC(=O)c2ccncc2)CC1c1cc2cc(-c3cn(C)nn3)ncc2cn1. The van der Waals surface area contributed by atoms with Crippen molar-refractivity contribution in [2.75, 3.05) is 13.6 Å². The molecule has 0 spiro atoms. The molecule has 162 valence electrons. The van der Waals surface area contributed by atoms with Gasteiger partial charge in [0.15, 0.2) is 0 Å². The standard InChI is InChI=1S/C23H24N8O/c1-30-8-5-18(27-23(32)15-3-6-24-7-4-15)11-22(30)20-10-16-9-19(21-14-31(2)29-28-21)25-12-17(16)13-26-20/h3-4,6-7,9-10,12-14,18,22H,5,8,11H2,1-2H3,(H,27,32). The topological polar surface area (TPSA) is 102 Å². The number of aromatic nitrogens is 6. The van der Waals surface area contributed by atoms with Gasteiger partial charge in [0, 0.05) is 55.4 Å². The van der Waals surface area contributed by atoms with E-state index in [2.05, 4.69) is 43.6 Å². The van der Waals surface area contributed by atoms with E-state index in [1.807, 2.05) is 31.7 Å². The number of carbonyl (C=O) groups is 1. The average Bonchev–Trinajstić information content (AvgIpc) is 3.26. The first-order chi connectivity index (χ1) is 15.6. The maximum Gasteiger partial charge on any atom is 0.251 e. The van der Waals surface area contributed by atoms with Gasteiger partial charge >= 0.3 is 0 Å². The van der Waals surface area contributed by atoms with E-state index in [4.69, 9.17) is 4.98 Å². The van der Waals surface area contributed by atoms with Crippen LogP contribution < -0.4 is 5.32 Å². The third-order valence-corrected chi connectivity index (χ3v) is 5.98. The molecule has 5 heterocycles. The molecule has 0 saturated carbocycles. The maximum atomic E-state index is 12.6. The van der Waals surface area contributed by atoms with Gasteiger partial charge in [-0.3, -0.25) is 29.3 Å². The molecule has 0 aliphatic carbocycles. The number of nitrogens with one attached hydrogen (secondary N) is 1. The van der Waals surface area contributed by atoms with Gasteiger partial charge in [-0.1, -0.05) is 5.21 Å². The summed E-state index contributed by atoms with van der Waals surface area (Å²) >= 11 is 0. The van der Waals surface area contributed by atoms with E-state index >= 15 is 0 Å². The van der Waals surface area contributed by atoms with Gasteiger partial charge in [0.1, 0.15) is 5.69 Å². The Balaban J connectivity index is 1.38. The van der Waals surface area contributed by atoms with Gasteiger partial charge in [-0.05, 0) is 49.5 Å². The van der Waals surface area contributed by atoms with Gasteiger partial charge in [0.25, 0.3) is 5.91 Å². The molecule has 9 heteroatoms. The zero-order valence-electron chi connectivity index (χ0n) is 18.0. The fourth-order valence-corrected chi connectivity index (χ4v) is 4.17. The number of carbonyl (C=O) groups excluding carboxylic acids is 1. The summed E-state index contributed by atoms with van der Waals surface area (Å²) < 4.78 is 1.66. The normalized spacial score (nSPS) is 19.2. The Labute approximate surface area is 185 Å². The van der Waals surface area contributed by atoms with Gasteiger partial charge in [-0.25, -0.2) is 0 Å². The van der Waals surface area contributed by atoms with Crippen molar-refractivity contribution in [2.24, 2.45) is 7.05 Å². The Morgan fingerprint density at radius 1 is 1.06 bits per heavy atom. The molecule has 1 aliphatic rings. The van der Waals surface area contributed by atoms with E-state index < -0.39 is 0 Å². The van der Waals surface area contributed by atoms with Crippen molar-refractivity contribution in [3.63, 3.8) is 0 Å². The molecule has 2 atom stereocenters. The smallest absolute Gasteiger partial charge is 0.251 e. The molecular weight excluding hydrogens is 404 g/mol. The lowest BCUT2D eigenvalue weighted by Gasteiger charge is -2.37. The molecule has 1 saturated heterocycles. The van der Waals surface area contributed by atoms with Crippen LogP contribution in [0.15, 0.2) is 55.2 Å². The van der Waals surface area contributed by atoms with Crippen LogP contribution in [0.1, 0.15) is 34.9 Å². The first-order valence-corrected chi connectivity index (χ1v) is 10.6. The summed E-state index contributed by atoms with van der Waals surface area (Å²) in [5.74, 6) is -0.0631. The number of rotatable bonds is 4. The van der Waals surface area contributed by atoms with Crippen LogP contribution in [0.25, 0.3) is 22.2 Å². The molecule has 0 aromatic carbocycles. The van der Waals surface area contributed by atoms with Gasteiger partial charge in [0.2, 0.25) is 0 Å². The molecular formula is C23H24N8O. The number of hydrogen-bond acceptors (Lipinski definition) is 7. The second kappa shape index (κ2) is 8.43. The van der Waals surface area contributed by atoms with E-state index in [1.54, 1.807) is 29.2 Å². The third kappa shape index (κ3) is 4.06. The largest absolute Gasteiger partial charge is 0.349 e. The summed E-state index contributed by atoms with van der Waals surface area (Å²) in [4.78, 5) is 28.1. The van der Waals surface area contributed by atoms with Crippen molar-refractivity contribution >= 4 is 16.7 Å². The molecule has 1 aliphatic heterocycles. The summed E-state index contributed by atoms with van der Waals surface area (Å²) in [5.41, 5.74) is 3.13. The summed E-state index contributed by atoms with van der Waals surface area (Å²) in [6.07, 6.45) is 10.5. The van der Waals surface area contributed by atoms with Crippen LogP contribution in [-0.4, -0.2) is 60.4 Å². The molecule has 1 fully saturated rings. The van der Waals surface area contributed by atoms with E-state index in [9.17, 15) is 4.79 Å². The Morgan fingerprint density at radius 3 is 2.66 bits per heavy atom. The van der Waals surface area contributed by atoms with Crippen molar-refractivity contribution in [1.82, 2.24) is 40.2 Å². The highest BCUT2D eigenvalue weighted by Crippen LogP contribution is 2.31. The highest BCUT2D eigenvalue weighted by atomic mass is 16.1. The molecule has 0 bridgehead atoms. The van der Waals surface area contributed by atoms with Gasteiger partial charge in [-0.2, -0.15) is 0 Å². The minimum Gasteiger partial charge on any atom is -0.349 e. The molecule has 0 radical (unpaired) electrons. The number of pyridine rings is 3. The number of piperidine rings is 1. The highest BCUT2D eigenvalue weighted by Gasteiger charge is 2.29. The number of nitrogens with zero attached hydrogens (tertiary/aromatic N) is 7. The first-order valence-electron chi connectivity index (χ1n) is 10.6. The quantitative estimate of drug-likeness (QED) is 0.532. The van der Waals surface area contributed by atoms with Crippen molar-refractivity contribution in [1.29, 1.82) is 0 Å². The third-order valence-electron chi connectivity index (χ3n) is 5.98. The molecule has 5 rings (SSSR count). The van der Waals surface area contributed by atoms with Crippen molar-refractivity contribution in [3.8, 4) is 11.4 Å². The van der Waals surface area contributed by atoms with Crippen LogP contribution >= 0.6 is 0 Å². The minimum atomic E-state index is -0.0631. The second-order valence-corrected chi connectivity index (χ2v) is 8.23. The van der Waals surface area contributed by atoms with Gasteiger partial charge in [-0.15, -0.1) is 5.10 Å². The Hall–Kier alpha value is -3.72. The predicted molar refractivity (Wildman–Crippen MR) is 120 cm³/mol. The fraction of sp³-hybridized carbons (Fsp3) is 0.304. The fourth-order valence-electron chi connectivity index (χ4n) is 4.17. The number of aryl methyl sites for hydroxylation is 1. The first kappa shape index (κ1) is 20.2. The maximum absolute atomic E-state index is 12.6. The van der Waals surface area contributed by atoms with Crippen LogP contribution in [0.5, 0.6) is 0 Å². The molecule has 1 amide bonds. The van der Waals surface area contributed by atoms with E-state index in [0.717, 1.165) is 47.2 Å². The van der Waals surface area contributed by atoms with Gasteiger partial charge in [0.05, 0.1) is 23.6 Å². The Bertz CT molecular complexity index is 1260. The summed E-state index contributed by atoms with van der Waals surface area (Å²) in [7, 11) is 3.94. The van der Waals surface area contributed by atoms with Crippen LogP contribution in [0, 0.1) is 0 Å². The van der Waals surface area contributed by atoms with E-state index in [1.165, 1.54) is 0 Å². The van der Waals surface area contributed by atoms with E-state index in [0.29, 0.717) is 5.56 Å². The monoisotopic (exact) mass is 428 g/mol. The molecule has 32 heavy (non-hydrogen) atoms. The van der Waals surface area contributed by atoms with Crippen LogP contribution in [-0.2, 0) is 7.05 Å². The van der Waals surface area contributed by atoms with Crippen LogP contribution in [0.2, 0.25) is 0 Å². The molecule has 2 unspecified atom stereocenters. The van der Waals surface area contributed by atoms with Crippen LogP contribution in [0.3, 0.4) is 0 Å². The minimum absolute atomic E-state index is 0.0631. The molecule has 1 N–H and O–H groups in total. The lowest BCUT2D eigenvalue weighted by Crippen LogP contribution is -2.45. The van der Waals surface area contributed by atoms with Crippen LogP contribution in [0.4, 0.5) is 0 Å². The lowest BCUT2D eigenvalue weighted by atomic mass is 9.94. The summed E-state index contributed by atoms with van der Waals surface area (Å²) in [5, 5.41) is 13.4. The summed E-state index contributed by atoms with van der Waals surface area (Å²) in [6, 6.07) is 7.80. The average molecular weight is 429 g/mol. The zero-order valence-corrected chi connectivity index (χ0v) is 18.0. The Morgan fingerprint density at radius 2 is 1.88 bits per heavy atom. The van der Waals surface area contributed by atoms with E-state index in [-0.39, 0.29) is 18.0 Å². The lowest BCUT2D eigenvalue weighted by molar-refractivity contribution is 0.0886. The molecule has 4 aromatic heterocycles. The second-order valence-electron chi connectivity index (χ2n) is 8.23. The number of hydrogen-bond donors (Lipinski definition) is 1. The predicted octanol–water partition coefficient (Wildman–Crippen LogP) is 2.39. The van der Waals surface area contributed by atoms with Crippen molar-refractivity contribution in [3.05, 3.63) is 66.5 Å².